The lowest BCUT2D eigenvalue weighted by atomic mass is 10.00. The van der Waals surface area contributed by atoms with Crippen molar-refractivity contribution in [2.45, 2.75) is 39.0 Å². The average Bonchev–Trinajstić information content (AvgIpc) is 3.09. The Kier molecular flexibility index (Phi) is 3.59. The van der Waals surface area contributed by atoms with Gasteiger partial charge in [0, 0.05) is 35.9 Å². The summed E-state index contributed by atoms with van der Waals surface area (Å²) in [5.41, 5.74) is 2.58. The van der Waals surface area contributed by atoms with Gasteiger partial charge in [0.2, 0.25) is 0 Å². The van der Waals surface area contributed by atoms with E-state index < -0.39 is 6.10 Å². The van der Waals surface area contributed by atoms with Crippen molar-refractivity contribution in [1.82, 2.24) is 9.78 Å². The second-order valence-corrected chi connectivity index (χ2v) is 5.37. The number of ether oxygens (including phenoxy) is 2. The van der Waals surface area contributed by atoms with Crippen LogP contribution in [0.3, 0.4) is 0 Å². The van der Waals surface area contributed by atoms with Crippen LogP contribution in [0.5, 0.6) is 11.5 Å². The number of fused-ring (bicyclic) bond motifs is 1. The Bertz CT molecular complexity index is 651. The first kappa shape index (κ1) is 13.9. The number of rotatable bonds is 4. The fraction of sp³-hybridized carbons (Fsp3) is 0.438. The lowest BCUT2D eigenvalue weighted by Gasteiger charge is -2.15. The summed E-state index contributed by atoms with van der Waals surface area (Å²) in [5, 5.41) is 14.8. The molecule has 1 aromatic heterocycles. The Morgan fingerprint density at radius 3 is 3.00 bits per heavy atom. The number of nitrogens with zero attached hydrogens (tertiary/aromatic N) is 2. The van der Waals surface area contributed by atoms with E-state index in [1.165, 1.54) is 0 Å². The summed E-state index contributed by atoms with van der Waals surface area (Å²) in [6.45, 7) is 4.82. The van der Waals surface area contributed by atoms with Gasteiger partial charge in [-0.3, -0.25) is 4.68 Å². The lowest BCUT2D eigenvalue weighted by Crippen LogP contribution is -2.05. The zero-order chi connectivity index (χ0) is 15.0. The molecule has 3 rings (SSSR count). The van der Waals surface area contributed by atoms with Crippen molar-refractivity contribution < 1.29 is 14.6 Å². The minimum atomic E-state index is -0.773. The van der Waals surface area contributed by atoms with E-state index in [0.717, 1.165) is 29.8 Å². The van der Waals surface area contributed by atoms with Crippen LogP contribution in [0.25, 0.3) is 0 Å². The summed E-state index contributed by atoms with van der Waals surface area (Å²) in [4.78, 5) is 0. The molecule has 1 aliphatic rings. The highest BCUT2D eigenvalue weighted by Gasteiger charge is 2.25. The first-order chi connectivity index (χ1) is 10.1. The molecule has 1 N–H and O–H groups in total. The van der Waals surface area contributed by atoms with Crippen molar-refractivity contribution >= 4 is 0 Å². The fourth-order valence-corrected chi connectivity index (χ4v) is 2.72. The fourth-order valence-electron chi connectivity index (χ4n) is 2.72. The van der Waals surface area contributed by atoms with Gasteiger partial charge in [-0.1, -0.05) is 0 Å². The van der Waals surface area contributed by atoms with E-state index in [1.54, 1.807) is 18.0 Å². The summed E-state index contributed by atoms with van der Waals surface area (Å²) in [7, 11) is 1.62. The molecule has 0 radical (unpaired) electrons. The second-order valence-electron chi connectivity index (χ2n) is 5.37. The van der Waals surface area contributed by atoms with E-state index in [1.807, 2.05) is 32.2 Å². The van der Waals surface area contributed by atoms with Gasteiger partial charge >= 0.3 is 0 Å². The number of aryl methyl sites for hydroxylation is 1. The molecule has 0 saturated carbocycles. The Morgan fingerprint density at radius 1 is 1.52 bits per heavy atom. The van der Waals surface area contributed by atoms with Crippen molar-refractivity contribution in [2.75, 3.05) is 7.11 Å². The van der Waals surface area contributed by atoms with Gasteiger partial charge in [-0.15, -0.1) is 0 Å². The van der Waals surface area contributed by atoms with E-state index >= 15 is 0 Å². The molecule has 112 valence electrons. The monoisotopic (exact) mass is 288 g/mol. The zero-order valence-electron chi connectivity index (χ0n) is 12.5. The summed E-state index contributed by atoms with van der Waals surface area (Å²) in [5.74, 6) is 1.52. The summed E-state index contributed by atoms with van der Waals surface area (Å²) in [6.07, 6.45) is 3.80. The third-order valence-corrected chi connectivity index (χ3v) is 3.84. The standard InChI is InChI=1S/C16H20N2O3/c1-4-18-9-12(8-17-18)16(19)13-7-14-11(5-10(2)21-14)6-15(13)20-3/h6-10,16,19H,4-5H2,1-3H3. The zero-order valence-corrected chi connectivity index (χ0v) is 12.5. The highest BCUT2D eigenvalue weighted by atomic mass is 16.5. The first-order valence-corrected chi connectivity index (χ1v) is 7.20. The highest BCUT2D eigenvalue weighted by molar-refractivity contribution is 5.51. The molecular weight excluding hydrogens is 268 g/mol. The molecule has 5 heteroatoms. The normalized spacial score (nSPS) is 18.2. The highest BCUT2D eigenvalue weighted by Crippen LogP contribution is 2.39. The van der Waals surface area contributed by atoms with Crippen molar-refractivity contribution in [2.24, 2.45) is 0 Å². The number of aromatic nitrogens is 2. The van der Waals surface area contributed by atoms with Crippen LogP contribution in [-0.4, -0.2) is 28.1 Å². The Labute approximate surface area is 124 Å². The third kappa shape index (κ3) is 2.49. The van der Waals surface area contributed by atoms with Gasteiger partial charge < -0.3 is 14.6 Å². The SMILES string of the molecule is CCn1cc(C(O)c2cc3c(cc2OC)CC(C)O3)cn1. The molecule has 0 amide bonds. The van der Waals surface area contributed by atoms with Gasteiger partial charge in [-0.2, -0.15) is 5.10 Å². The van der Waals surface area contributed by atoms with Crippen LogP contribution in [0.1, 0.15) is 36.6 Å². The molecule has 2 unspecified atom stereocenters. The maximum absolute atomic E-state index is 10.6. The summed E-state index contributed by atoms with van der Waals surface area (Å²) in [6, 6.07) is 3.84. The van der Waals surface area contributed by atoms with Crippen LogP contribution < -0.4 is 9.47 Å². The number of benzene rings is 1. The Balaban J connectivity index is 1.99. The molecule has 1 aromatic carbocycles. The molecular formula is C16H20N2O3. The number of methoxy groups -OCH3 is 1. The van der Waals surface area contributed by atoms with Crippen LogP contribution in [0.2, 0.25) is 0 Å². The van der Waals surface area contributed by atoms with E-state index in [2.05, 4.69) is 5.10 Å². The van der Waals surface area contributed by atoms with Gasteiger partial charge in [0.1, 0.15) is 23.7 Å². The molecule has 0 bridgehead atoms. The molecule has 2 atom stereocenters. The maximum Gasteiger partial charge on any atom is 0.125 e. The Hall–Kier alpha value is -2.01. The largest absolute Gasteiger partial charge is 0.496 e. The average molecular weight is 288 g/mol. The maximum atomic E-state index is 10.6. The first-order valence-electron chi connectivity index (χ1n) is 7.20. The van der Waals surface area contributed by atoms with E-state index in [-0.39, 0.29) is 6.10 Å². The predicted molar refractivity (Wildman–Crippen MR) is 78.8 cm³/mol. The quantitative estimate of drug-likeness (QED) is 0.938. The van der Waals surface area contributed by atoms with Crippen LogP contribution >= 0.6 is 0 Å². The number of hydrogen-bond acceptors (Lipinski definition) is 4. The molecule has 2 aromatic rings. The van der Waals surface area contributed by atoms with Gasteiger partial charge in [-0.05, 0) is 26.0 Å². The molecule has 0 fully saturated rings. The topological polar surface area (TPSA) is 56.5 Å². The van der Waals surface area contributed by atoms with Crippen LogP contribution in [0.4, 0.5) is 0 Å². The molecule has 1 aliphatic heterocycles. The van der Waals surface area contributed by atoms with E-state index in [4.69, 9.17) is 9.47 Å². The molecule has 0 aliphatic carbocycles. The minimum Gasteiger partial charge on any atom is -0.496 e. The van der Waals surface area contributed by atoms with Crippen LogP contribution in [0.15, 0.2) is 24.5 Å². The van der Waals surface area contributed by atoms with Crippen molar-refractivity contribution in [1.29, 1.82) is 0 Å². The molecule has 0 saturated heterocycles. The van der Waals surface area contributed by atoms with Gasteiger partial charge in [0.25, 0.3) is 0 Å². The smallest absolute Gasteiger partial charge is 0.125 e. The van der Waals surface area contributed by atoms with Gasteiger partial charge in [0.05, 0.1) is 13.3 Å². The minimum absolute atomic E-state index is 0.167. The van der Waals surface area contributed by atoms with Crippen molar-refractivity contribution in [3.8, 4) is 11.5 Å². The van der Waals surface area contributed by atoms with E-state index in [9.17, 15) is 5.11 Å². The molecule has 5 nitrogen and oxygen atoms in total. The molecule has 0 spiro atoms. The lowest BCUT2D eigenvalue weighted by molar-refractivity contribution is 0.213. The second kappa shape index (κ2) is 5.41. The summed E-state index contributed by atoms with van der Waals surface area (Å²) >= 11 is 0. The molecule has 2 heterocycles. The Morgan fingerprint density at radius 2 is 2.33 bits per heavy atom. The number of aliphatic hydroxyl groups excluding tert-OH is 1. The third-order valence-electron chi connectivity index (χ3n) is 3.84. The van der Waals surface area contributed by atoms with Crippen LogP contribution in [0, 0.1) is 0 Å². The summed E-state index contributed by atoms with van der Waals surface area (Å²) < 4.78 is 13.0. The van der Waals surface area contributed by atoms with Gasteiger partial charge in [-0.25, -0.2) is 0 Å². The van der Waals surface area contributed by atoms with E-state index in [0.29, 0.717) is 11.3 Å². The van der Waals surface area contributed by atoms with Crippen molar-refractivity contribution in [3.63, 3.8) is 0 Å². The number of aliphatic hydroxyl groups is 1. The number of hydrogen-bond donors (Lipinski definition) is 1. The van der Waals surface area contributed by atoms with Gasteiger partial charge in [0.15, 0.2) is 0 Å². The predicted octanol–water partition coefficient (Wildman–Crippen LogP) is 2.32. The van der Waals surface area contributed by atoms with Crippen LogP contribution in [-0.2, 0) is 13.0 Å². The molecule has 21 heavy (non-hydrogen) atoms. The van der Waals surface area contributed by atoms with Crippen molar-refractivity contribution in [3.05, 3.63) is 41.2 Å².